The smallest absolute Gasteiger partial charge is 0.273 e. The van der Waals surface area contributed by atoms with Crippen LogP contribution in [0.2, 0.25) is 0 Å². The van der Waals surface area contributed by atoms with Gasteiger partial charge in [-0.2, -0.15) is 0 Å². The number of piperazine rings is 1. The van der Waals surface area contributed by atoms with Gasteiger partial charge in [0.2, 0.25) is 11.9 Å². The van der Waals surface area contributed by atoms with E-state index >= 15 is 0 Å². The van der Waals surface area contributed by atoms with Crippen LogP contribution in [0.1, 0.15) is 10.5 Å². The van der Waals surface area contributed by atoms with Crippen molar-refractivity contribution >= 4 is 28.7 Å². The number of benzene rings is 1. The molecule has 0 aliphatic carbocycles. The van der Waals surface area contributed by atoms with Crippen molar-refractivity contribution in [2.24, 2.45) is 0 Å². The summed E-state index contributed by atoms with van der Waals surface area (Å²) in [5, 5.41) is 0.780. The molecule has 0 spiro atoms. The van der Waals surface area contributed by atoms with Gasteiger partial charge in [-0.05, 0) is 12.1 Å². The molecule has 0 bridgehead atoms. The highest BCUT2D eigenvalue weighted by atomic mass is 16.2. The molecule has 8 nitrogen and oxygen atoms in total. The summed E-state index contributed by atoms with van der Waals surface area (Å²) in [6.07, 6.45) is 3.46. The van der Waals surface area contributed by atoms with Crippen LogP contribution in [0, 0.1) is 0 Å². The van der Waals surface area contributed by atoms with Gasteiger partial charge < -0.3 is 14.7 Å². The molecule has 1 amide bonds. The molecule has 0 atom stereocenters. The minimum absolute atomic E-state index is 0.0645. The van der Waals surface area contributed by atoms with Crippen LogP contribution in [0.5, 0.6) is 0 Å². The summed E-state index contributed by atoms with van der Waals surface area (Å²) < 4.78 is 0. The van der Waals surface area contributed by atoms with Crippen molar-refractivity contribution < 1.29 is 4.79 Å². The quantitative estimate of drug-likeness (QED) is 0.697. The zero-order chi connectivity index (χ0) is 18.8. The van der Waals surface area contributed by atoms with E-state index in [2.05, 4.69) is 24.8 Å². The molecular formula is C19H21N7O. The van der Waals surface area contributed by atoms with Crippen LogP contribution >= 0.6 is 0 Å². The Morgan fingerprint density at radius 3 is 2.37 bits per heavy atom. The first kappa shape index (κ1) is 17.1. The van der Waals surface area contributed by atoms with E-state index in [-0.39, 0.29) is 5.91 Å². The average molecular weight is 363 g/mol. The number of aromatic nitrogens is 4. The van der Waals surface area contributed by atoms with E-state index in [0.29, 0.717) is 43.8 Å². The van der Waals surface area contributed by atoms with Crippen LogP contribution in [0.25, 0.3) is 10.9 Å². The maximum atomic E-state index is 13.2. The molecule has 1 fully saturated rings. The number of amides is 1. The molecule has 1 aliphatic rings. The fourth-order valence-corrected chi connectivity index (χ4v) is 3.14. The molecule has 1 saturated heterocycles. The molecule has 0 radical (unpaired) electrons. The summed E-state index contributed by atoms with van der Waals surface area (Å²) in [5.41, 5.74) is 1.23. The zero-order valence-corrected chi connectivity index (χ0v) is 15.4. The van der Waals surface area contributed by atoms with Crippen molar-refractivity contribution in [1.29, 1.82) is 0 Å². The maximum Gasteiger partial charge on any atom is 0.273 e. The molecule has 0 N–H and O–H groups in total. The van der Waals surface area contributed by atoms with Gasteiger partial charge in [0.15, 0.2) is 0 Å². The van der Waals surface area contributed by atoms with Crippen molar-refractivity contribution in [3.05, 3.63) is 48.4 Å². The number of hydrogen-bond acceptors (Lipinski definition) is 7. The predicted molar refractivity (Wildman–Crippen MR) is 104 cm³/mol. The van der Waals surface area contributed by atoms with Crippen LogP contribution in [0.3, 0.4) is 0 Å². The third kappa shape index (κ3) is 3.38. The minimum atomic E-state index is -0.0645. The Kier molecular flexibility index (Phi) is 4.53. The van der Waals surface area contributed by atoms with Crippen molar-refractivity contribution in [3.8, 4) is 0 Å². The second-order valence-electron chi connectivity index (χ2n) is 6.61. The summed E-state index contributed by atoms with van der Waals surface area (Å²) >= 11 is 0. The second-order valence-corrected chi connectivity index (χ2v) is 6.61. The Hall–Kier alpha value is -3.29. The Bertz CT molecular complexity index is 953. The fraction of sp³-hybridized carbons (Fsp3) is 0.316. The Morgan fingerprint density at radius 2 is 1.67 bits per heavy atom. The molecule has 27 heavy (non-hydrogen) atoms. The summed E-state index contributed by atoms with van der Waals surface area (Å²) in [7, 11) is 3.74. The van der Waals surface area contributed by atoms with E-state index < -0.39 is 0 Å². The van der Waals surface area contributed by atoms with Crippen LogP contribution in [0.15, 0.2) is 42.7 Å². The van der Waals surface area contributed by atoms with Gasteiger partial charge in [0, 0.05) is 58.1 Å². The first-order valence-electron chi connectivity index (χ1n) is 8.89. The highest BCUT2D eigenvalue weighted by Gasteiger charge is 2.26. The highest BCUT2D eigenvalue weighted by Crippen LogP contribution is 2.21. The summed E-state index contributed by atoms with van der Waals surface area (Å²) in [6, 6.07) is 9.43. The number of anilines is 2. The summed E-state index contributed by atoms with van der Waals surface area (Å²) in [4.78, 5) is 36.6. The van der Waals surface area contributed by atoms with Gasteiger partial charge in [-0.1, -0.05) is 18.2 Å². The van der Waals surface area contributed by atoms with Crippen LogP contribution in [0.4, 0.5) is 11.9 Å². The van der Waals surface area contributed by atoms with Crippen LogP contribution in [-0.2, 0) is 0 Å². The lowest BCUT2D eigenvalue weighted by Gasteiger charge is -2.34. The maximum absolute atomic E-state index is 13.2. The first-order valence-corrected chi connectivity index (χ1v) is 8.89. The van der Waals surface area contributed by atoms with Gasteiger partial charge in [-0.25, -0.2) is 19.9 Å². The normalized spacial score (nSPS) is 14.4. The standard InChI is InChI=1S/C19H21N7O/c1-24(2)19-22-15-7-4-3-6-14(15)16(23-19)17(27)25-10-12-26(13-11-25)18-20-8-5-9-21-18/h3-9H,10-13H2,1-2H3. The van der Waals surface area contributed by atoms with Crippen molar-refractivity contribution in [1.82, 2.24) is 24.8 Å². The molecule has 8 heteroatoms. The first-order chi connectivity index (χ1) is 13.1. The zero-order valence-electron chi connectivity index (χ0n) is 15.4. The molecule has 3 heterocycles. The molecular weight excluding hydrogens is 342 g/mol. The monoisotopic (exact) mass is 363 g/mol. The third-order valence-corrected chi connectivity index (χ3v) is 4.60. The lowest BCUT2D eigenvalue weighted by molar-refractivity contribution is 0.0742. The van der Waals surface area contributed by atoms with Crippen LogP contribution in [-0.4, -0.2) is 71.0 Å². The molecule has 1 aliphatic heterocycles. The van der Waals surface area contributed by atoms with Gasteiger partial charge in [-0.3, -0.25) is 4.79 Å². The Morgan fingerprint density at radius 1 is 0.963 bits per heavy atom. The molecule has 4 rings (SSSR count). The number of carbonyl (C=O) groups excluding carboxylic acids is 1. The van der Waals surface area contributed by atoms with E-state index in [1.807, 2.05) is 48.2 Å². The number of rotatable bonds is 3. The summed E-state index contributed by atoms with van der Waals surface area (Å²) in [5.74, 6) is 1.17. The van der Waals surface area contributed by atoms with Gasteiger partial charge >= 0.3 is 0 Å². The molecule has 1 aromatic carbocycles. The van der Waals surface area contributed by atoms with Crippen molar-refractivity contribution in [2.45, 2.75) is 0 Å². The number of hydrogen-bond donors (Lipinski definition) is 0. The van der Waals surface area contributed by atoms with Gasteiger partial charge in [0.1, 0.15) is 5.69 Å². The number of carbonyl (C=O) groups is 1. The number of fused-ring (bicyclic) bond motifs is 1. The van der Waals surface area contributed by atoms with E-state index in [1.165, 1.54) is 0 Å². The average Bonchev–Trinajstić information content (AvgIpc) is 2.73. The topological polar surface area (TPSA) is 78.4 Å². The lowest BCUT2D eigenvalue weighted by atomic mass is 10.1. The van der Waals surface area contributed by atoms with Gasteiger partial charge in [0.05, 0.1) is 5.52 Å². The molecule has 2 aromatic heterocycles. The van der Waals surface area contributed by atoms with E-state index in [4.69, 9.17) is 0 Å². The number of nitrogens with zero attached hydrogens (tertiary/aromatic N) is 7. The van der Waals surface area contributed by atoms with Crippen molar-refractivity contribution in [2.75, 3.05) is 50.1 Å². The van der Waals surface area contributed by atoms with Crippen molar-refractivity contribution in [3.63, 3.8) is 0 Å². The Labute approximate surface area is 157 Å². The SMILES string of the molecule is CN(C)c1nc(C(=O)N2CCN(c3ncccn3)CC2)c2ccccc2n1. The van der Waals surface area contributed by atoms with E-state index in [9.17, 15) is 4.79 Å². The Balaban J connectivity index is 1.58. The molecule has 0 saturated carbocycles. The minimum Gasteiger partial charge on any atom is -0.347 e. The van der Waals surface area contributed by atoms with Crippen LogP contribution < -0.4 is 9.80 Å². The summed E-state index contributed by atoms with van der Waals surface area (Å²) in [6.45, 7) is 2.60. The molecule has 0 unspecified atom stereocenters. The van der Waals surface area contributed by atoms with Gasteiger partial charge in [0.25, 0.3) is 5.91 Å². The molecule has 138 valence electrons. The molecule has 3 aromatic rings. The predicted octanol–water partition coefficient (Wildman–Crippen LogP) is 1.45. The lowest BCUT2D eigenvalue weighted by Crippen LogP contribution is -2.49. The largest absolute Gasteiger partial charge is 0.347 e. The van der Waals surface area contributed by atoms with Gasteiger partial charge in [-0.15, -0.1) is 0 Å². The third-order valence-electron chi connectivity index (χ3n) is 4.60. The second kappa shape index (κ2) is 7.14. The van der Waals surface area contributed by atoms with E-state index in [1.54, 1.807) is 18.5 Å². The van der Waals surface area contributed by atoms with E-state index in [0.717, 1.165) is 10.9 Å². The highest BCUT2D eigenvalue weighted by molar-refractivity contribution is 6.04. The fourth-order valence-electron chi connectivity index (χ4n) is 3.14. The number of para-hydroxylation sites is 1.